The van der Waals surface area contributed by atoms with Gasteiger partial charge in [-0.1, -0.05) is 6.92 Å². The van der Waals surface area contributed by atoms with E-state index in [1.165, 1.54) is 12.8 Å². The smallest absolute Gasteiger partial charge is 0.160 e. The fourth-order valence-electron chi connectivity index (χ4n) is 1.87. The first-order chi connectivity index (χ1) is 4.88. The van der Waals surface area contributed by atoms with Crippen LogP contribution in [0, 0.1) is 11.8 Å². The molecule has 2 aliphatic rings. The van der Waals surface area contributed by atoms with Gasteiger partial charge in [0, 0.05) is 12.5 Å². The Balaban J connectivity index is 2.01. The molecule has 0 aromatic rings. The summed E-state index contributed by atoms with van der Waals surface area (Å²) in [6.07, 6.45) is 2.66. The van der Waals surface area contributed by atoms with Gasteiger partial charge in [0.05, 0.1) is 6.61 Å². The van der Waals surface area contributed by atoms with Crippen molar-refractivity contribution < 1.29 is 9.47 Å². The van der Waals surface area contributed by atoms with E-state index in [4.69, 9.17) is 9.47 Å². The van der Waals surface area contributed by atoms with Crippen molar-refractivity contribution in [2.45, 2.75) is 26.1 Å². The van der Waals surface area contributed by atoms with Crippen molar-refractivity contribution in [3.05, 3.63) is 0 Å². The van der Waals surface area contributed by atoms with E-state index >= 15 is 0 Å². The summed E-state index contributed by atoms with van der Waals surface area (Å²) in [6.45, 7) is 4.04. The van der Waals surface area contributed by atoms with Gasteiger partial charge < -0.3 is 9.47 Å². The maximum Gasteiger partial charge on any atom is 0.160 e. The molecular weight excluding hydrogens is 128 g/mol. The number of ether oxygens (including phenoxy) is 2. The molecule has 0 aromatic heterocycles. The van der Waals surface area contributed by atoms with E-state index in [0.717, 1.165) is 13.2 Å². The molecule has 2 heterocycles. The average molecular weight is 142 g/mol. The van der Waals surface area contributed by atoms with Gasteiger partial charge in [-0.2, -0.15) is 0 Å². The van der Waals surface area contributed by atoms with Gasteiger partial charge in [-0.25, -0.2) is 0 Å². The maximum atomic E-state index is 5.45. The number of fused-ring (bicyclic) bond motifs is 1. The largest absolute Gasteiger partial charge is 0.352 e. The average Bonchev–Trinajstić information content (AvgIpc) is 2.34. The second-order valence-electron chi connectivity index (χ2n) is 3.36. The molecule has 10 heavy (non-hydrogen) atoms. The highest BCUT2D eigenvalue weighted by molar-refractivity contribution is 4.78. The molecule has 58 valence electrons. The Morgan fingerprint density at radius 3 is 3.00 bits per heavy atom. The summed E-state index contributed by atoms with van der Waals surface area (Å²) in [6, 6.07) is 0. The molecule has 2 nitrogen and oxygen atoms in total. The zero-order valence-corrected chi connectivity index (χ0v) is 6.38. The van der Waals surface area contributed by atoms with Gasteiger partial charge in [-0.3, -0.25) is 0 Å². The van der Waals surface area contributed by atoms with E-state index in [2.05, 4.69) is 6.92 Å². The normalized spacial score (nSPS) is 47.1. The van der Waals surface area contributed by atoms with Crippen molar-refractivity contribution in [3.63, 3.8) is 0 Å². The third-order valence-electron chi connectivity index (χ3n) is 2.57. The standard InChI is InChI=1S/C8H14O2/c1-6-5-10-8-7(6)3-2-4-9-8/h6-8H,2-5H2,1H3. The molecule has 3 atom stereocenters. The van der Waals surface area contributed by atoms with Gasteiger partial charge in [0.2, 0.25) is 0 Å². The fraction of sp³-hybridized carbons (Fsp3) is 1.00. The molecule has 2 fully saturated rings. The summed E-state index contributed by atoms with van der Waals surface area (Å²) in [5, 5.41) is 0. The summed E-state index contributed by atoms with van der Waals surface area (Å²) in [7, 11) is 0. The van der Waals surface area contributed by atoms with Crippen molar-refractivity contribution in [3.8, 4) is 0 Å². The van der Waals surface area contributed by atoms with E-state index in [1.807, 2.05) is 0 Å². The SMILES string of the molecule is CC1COC2OCCCC12. The highest BCUT2D eigenvalue weighted by Crippen LogP contribution is 2.34. The summed E-state index contributed by atoms with van der Waals surface area (Å²) < 4.78 is 10.9. The van der Waals surface area contributed by atoms with Crippen molar-refractivity contribution in [1.29, 1.82) is 0 Å². The molecule has 2 aliphatic heterocycles. The molecule has 0 aromatic carbocycles. The summed E-state index contributed by atoms with van der Waals surface area (Å²) in [4.78, 5) is 0. The van der Waals surface area contributed by atoms with Crippen LogP contribution in [0.1, 0.15) is 19.8 Å². The molecule has 0 spiro atoms. The summed E-state index contributed by atoms with van der Waals surface area (Å²) >= 11 is 0. The number of rotatable bonds is 0. The lowest BCUT2D eigenvalue weighted by Gasteiger charge is -2.25. The van der Waals surface area contributed by atoms with Crippen LogP contribution < -0.4 is 0 Å². The topological polar surface area (TPSA) is 18.5 Å². The number of hydrogen-bond acceptors (Lipinski definition) is 2. The van der Waals surface area contributed by atoms with Crippen LogP contribution in [0.4, 0.5) is 0 Å². The lowest BCUT2D eigenvalue weighted by molar-refractivity contribution is -0.151. The Morgan fingerprint density at radius 2 is 2.20 bits per heavy atom. The molecule has 0 saturated carbocycles. The second-order valence-corrected chi connectivity index (χ2v) is 3.36. The molecule has 0 aliphatic carbocycles. The first-order valence-corrected chi connectivity index (χ1v) is 4.11. The molecule has 0 N–H and O–H groups in total. The van der Waals surface area contributed by atoms with Gasteiger partial charge >= 0.3 is 0 Å². The van der Waals surface area contributed by atoms with Crippen LogP contribution in [0.2, 0.25) is 0 Å². The van der Waals surface area contributed by atoms with Crippen LogP contribution >= 0.6 is 0 Å². The Morgan fingerprint density at radius 1 is 1.30 bits per heavy atom. The van der Waals surface area contributed by atoms with E-state index < -0.39 is 0 Å². The molecule has 2 heteroatoms. The zero-order valence-electron chi connectivity index (χ0n) is 6.38. The third-order valence-corrected chi connectivity index (χ3v) is 2.57. The van der Waals surface area contributed by atoms with Crippen LogP contribution in [-0.4, -0.2) is 19.5 Å². The summed E-state index contributed by atoms with van der Waals surface area (Å²) in [5.74, 6) is 1.40. The van der Waals surface area contributed by atoms with Crippen molar-refractivity contribution in [1.82, 2.24) is 0 Å². The Hall–Kier alpha value is -0.0800. The van der Waals surface area contributed by atoms with Crippen molar-refractivity contribution in [2.75, 3.05) is 13.2 Å². The Labute approximate surface area is 61.5 Å². The predicted molar refractivity (Wildman–Crippen MR) is 37.6 cm³/mol. The van der Waals surface area contributed by atoms with Crippen LogP contribution in [0.15, 0.2) is 0 Å². The highest BCUT2D eigenvalue weighted by atomic mass is 16.7. The van der Waals surface area contributed by atoms with Gasteiger partial charge in [-0.15, -0.1) is 0 Å². The number of hydrogen-bond donors (Lipinski definition) is 0. The van der Waals surface area contributed by atoms with E-state index in [-0.39, 0.29) is 6.29 Å². The maximum absolute atomic E-state index is 5.45. The molecule has 2 saturated heterocycles. The molecule has 0 bridgehead atoms. The Kier molecular flexibility index (Phi) is 1.66. The van der Waals surface area contributed by atoms with Gasteiger partial charge in [-0.05, 0) is 18.8 Å². The minimum absolute atomic E-state index is 0.142. The quantitative estimate of drug-likeness (QED) is 0.509. The molecule has 2 rings (SSSR count). The van der Waals surface area contributed by atoms with Crippen LogP contribution in [0.5, 0.6) is 0 Å². The van der Waals surface area contributed by atoms with Crippen LogP contribution in [0.25, 0.3) is 0 Å². The minimum atomic E-state index is 0.142. The van der Waals surface area contributed by atoms with Gasteiger partial charge in [0.25, 0.3) is 0 Å². The van der Waals surface area contributed by atoms with E-state index in [9.17, 15) is 0 Å². The lowest BCUT2D eigenvalue weighted by Crippen LogP contribution is -2.27. The highest BCUT2D eigenvalue weighted by Gasteiger charge is 2.36. The summed E-state index contributed by atoms with van der Waals surface area (Å²) in [5.41, 5.74) is 0. The van der Waals surface area contributed by atoms with Crippen LogP contribution in [-0.2, 0) is 9.47 Å². The molecular formula is C8H14O2. The monoisotopic (exact) mass is 142 g/mol. The van der Waals surface area contributed by atoms with Gasteiger partial charge in [0.15, 0.2) is 6.29 Å². The fourth-order valence-corrected chi connectivity index (χ4v) is 1.87. The van der Waals surface area contributed by atoms with Gasteiger partial charge in [0.1, 0.15) is 0 Å². The van der Waals surface area contributed by atoms with Crippen LogP contribution in [0.3, 0.4) is 0 Å². The first kappa shape index (κ1) is 6.62. The van der Waals surface area contributed by atoms with Crippen molar-refractivity contribution in [2.24, 2.45) is 11.8 Å². The van der Waals surface area contributed by atoms with Crippen molar-refractivity contribution >= 4 is 0 Å². The van der Waals surface area contributed by atoms with E-state index in [1.54, 1.807) is 0 Å². The molecule has 3 unspecified atom stereocenters. The third kappa shape index (κ3) is 0.956. The lowest BCUT2D eigenvalue weighted by atomic mass is 9.91. The second kappa shape index (κ2) is 2.51. The predicted octanol–water partition coefficient (Wildman–Crippen LogP) is 1.41. The zero-order chi connectivity index (χ0) is 6.97. The minimum Gasteiger partial charge on any atom is -0.352 e. The molecule has 0 amide bonds. The Bertz CT molecular complexity index is 122. The van der Waals surface area contributed by atoms with E-state index in [0.29, 0.717) is 11.8 Å². The molecule has 0 radical (unpaired) electrons. The first-order valence-electron chi connectivity index (χ1n) is 4.11.